The average Bonchev–Trinajstić information content (AvgIpc) is 1.83. The van der Waals surface area contributed by atoms with Gasteiger partial charge >= 0.3 is 6.18 Å². The maximum Gasteiger partial charge on any atom is 0.418 e. The molecular formula is C7H5ClF3N. The lowest BCUT2D eigenvalue weighted by atomic mass is 10.1. The van der Waals surface area contributed by atoms with Gasteiger partial charge in [-0.25, -0.2) is 0 Å². The van der Waals surface area contributed by atoms with Gasteiger partial charge in [0.2, 0.25) is 0 Å². The van der Waals surface area contributed by atoms with Crippen LogP contribution in [0.25, 0.3) is 0 Å². The zero-order valence-electron chi connectivity index (χ0n) is 5.87. The van der Waals surface area contributed by atoms with E-state index in [2.05, 4.69) is 5.73 Å². The fourth-order valence-electron chi connectivity index (χ4n) is 0.792. The third kappa shape index (κ3) is 1.84. The normalized spacial score (nSPS) is 18.2. The number of nitrogens with two attached hydrogens (primary N) is 1. The Morgan fingerprint density at radius 1 is 1.50 bits per heavy atom. The topological polar surface area (TPSA) is 26.0 Å². The number of hydrogen-bond donors (Lipinski definition) is 1. The molecule has 12 heavy (non-hydrogen) atoms. The summed E-state index contributed by atoms with van der Waals surface area (Å²) in [5.74, 6) is 0. The van der Waals surface area contributed by atoms with E-state index in [1.54, 1.807) is 0 Å². The van der Waals surface area contributed by atoms with Crippen molar-refractivity contribution in [3.05, 3.63) is 28.1 Å². The van der Waals surface area contributed by atoms with E-state index in [0.717, 1.165) is 6.08 Å². The molecule has 1 rings (SSSR count). The summed E-state index contributed by atoms with van der Waals surface area (Å²) in [4.78, 5) is 0. The Morgan fingerprint density at radius 2 is 2.08 bits per heavy atom. The molecule has 1 aliphatic carbocycles. The van der Waals surface area contributed by atoms with E-state index in [1.165, 1.54) is 0 Å². The first-order valence-electron chi connectivity index (χ1n) is 3.08. The Bertz CT molecular complexity index is 294. The van der Waals surface area contributed by atoms with Crippen LogP contribution in [0.4, 0.5) is 13.2 Å². The van der Waals surface area contributed by atoms with E-state index in [4.69, 9.17) is 17.3 Å². The van der Waals surface area contributed by atoms with Crippen LogP contribution in [0.1, 0.15) is 6.42 Å². The van der Waals surface area contributed by atoms with Crippen LogP contribution in [0.5, 0.6) is 0 Å². The monoisotopic (exact) mass is 195 g/mol. The molecule has 5 heteroatoms. The Kier molecular flexibility index (Phi) is 2.22. The van der Waals surface area contributed by atoms with Crippen LogP contribution in [0, 0.1) is 0 Å². The predicted octanol–water partition coefficient (Wildman–Crippen LogP) is 2.44. The predicted molar refractivity (Wildman–Crippen MR) is 39.3 cm³/mol. The summed E-state index contributed by atoms with van der Waals surface area (Å²) in [6.07, 6.45) is -3.72. The second-order valence-electron chi connectivity index (χ2n) is 2.31. The second-order valence-corrected chi connectivity index (χ2v) is 2.76. The molecule has 0 unspecified atom stereocenters. The molecule has 0 saturated carbocycles. The van der Waals surface area contributed by atoms with Crippen LogP contribution < -0.4 is 5.73 Å². The van der Waals surface area contributed by atoms with Gasteiger partial charge in [0.1, 0.15) is 0 Å². The molecule has 1 nitrogen and oxygen atoms in total. The van der Waals surface area contributed by atoms with Gasteiger partial charge in [0.15, 0.2) is 0 Å². The van der Waals surface area contributed by atoms with Gasteiger partial charge < -0.3 is 5.73 Å². The molecule has 0 aromatic heterocycles. The van der Waals surface area contributed by atoms with Gasteiger partial charge in [-0.15, -0.1) is 0 Å². The summed E-state index contributed by atoms with van der Waals surface area (Å²) in [7, 11) is 0. The Hall–Kier alpha value is -0.860. The average molecular weight is 196 g/mol. The van der Waals surface area contributed by atoms with Gasteiger partial charge in [-0.3, -0.25) is 0 Å². The molecular weight excluding hydrogens is 191 g/mol. The van der Waals surface area contributed by atoms with Gasteiger partial charge in [0, 0.05) is 11.5 Å². The summed E-state index contributed by atoms with van der Waals surface area (Å²) in [5, 5.41) is -0.279. The number of rotatable bonds is 0. The van der Waals surface area contributed by atoms with Crippen LogP contribution in [-0.4, -0.2) is 6.18 Å². The Balaban J connectivity index is 3.07. The fraction of sp³-hybridized carbons (Fsp3) is 0.286. The van der Waals surface area contributed by atoms with Crippen LogP contribution in [0.15, 0.2) is 28.1 Å². The smallest absolute Gasteiger partial charge is 0.395 e. The molecule has 0 fully saturated rings. The van der Waals surface area contributed by atoms with Crippen molar-refractivity contribution >= 4 is 11.6 Å². The number of allylic oxidation sites excluding steroid dienone is 2. The zero-order valence-corrected chi connectivity index (χ0v) is 6.63. The minimum atomic E-state index is -4.41. The van der Waals surface area contributed by atoms with Crippen LogP contribution in [-0.2, 0) is 0 Å². The molecule has 1 aliphatic rings. The maximum atomic E-state index is 12.1. The number of alkyl halides is 3. The van der Waals surface area contributed by atoms with Crippen molar-refractivity contribution in [3.8, 4) is 0 Å². The lowest BCUT2D eigenvalue weighted by Crippen LogP contribution is -2.14. The first-order chi connectivity index (χ1) is 5.41. The molecule has 0 amide bonds. The van der Waals surface area contributed by atoms with E-state index >= 15 is 0 Å². The molecule has 0 saturated heterocycles. The summed E-state index contributed by atoms with van der Waals surface area (Å²) in [6, 6.07) is 0. The summed E-state index contributed by atoms with van der Waals surface area (Å²) in [6.45, 7) is 0. The van der Waals surface area contributed by atoms with Gasteiger partial charge in [-0.1, -0.05) is 17.3 Å². The molecule has 0 bridgehead atoms. The van der Waals surface area contributed by atoms with Crippen molar-refractivity contribution in [1.82, 2.24) is 0 Å². The summed E-state index contributed by atoms with van der Waals surface area (Å²) < 4.78 is 36.2. The van der Waals surface area contributed by atoms with Gasteiger partial charge in [-0.05, 0) is 6.08 Å². The first-order valence-corrected chi connectivity index (χ1v) is 3.46. The highest BCUT2D eigenvalue weighted by molar-refractivity contribution is 6.30. The molecule has 0 aromatic rings. The van der Waals surface area contributed by atoms with E-state index in [0.29, 0.717) is 0 Å². The summed E-state index contributed by atoms with van der Waals surface area (Å²) in [5.41, 5.74) is 6.85. The number of halogens is 4. The highest BCUT2D eigenvalue weighted by Crippen LogP contribution is 2.34. The molecule has 0 aliphatic heterocycles. The SMILES string of the molecule is NC1=C=CC(C(F)(F)F)=C(Cl)C1. The van der Waals surface area contributed by atoms with Crippen molar-refractivity contribution < 1.29 is 13.2 Å². The standard InChI is InChI=1S/C7H5ClF3N/c8-6-3-4(12)1-2-5(6)7(9,10)11/h2H,3,12H2. The van der Waals surface area contributed by atoms with Crippen molar-refractivity contribution in [2.45, 2.75) is 12.6 Å². The van der Waals surface area contributed by atoms with Crippen molar-refractivity contribution in [2.75, 3.05) is 0 Å². The molecule has 2 N–H and O–H groups in total. The maximum absolute atomic E-state index is 12.1. The first kappa shape index (κ1) is 9.23. The third-order valence-electron chi connectivity index (χ3n) is 1.35. The van der Waals surface area contributed by atoms with Crippen molar-refractivity contribution in [1.29, 1.82) is 0 Å². The Labute approximate surface area is 72.0 Å². The quantitative estimate of drug-likeness (QED) is 0.591. The lowest BCUT2D eigenvalue weighted by molar-refractivity contribution is -0.0887. The molecule has 0 spiro atoms. The molecule has 0 radical (unpaired) electrons. The van der Waals surface area contributed by atoms with Crippen LogP contribution in [0.3, 0.4) is 0 Å². The van der Waals surface area contributed by atoms with Gasteiger partial charge in [-0.2, -0.15) is 13.2 Å². The third-order valence-corrected chi connectivity index (χ3v) is 1.68. The van der Waals surface area contributed by atoms with Crippen LogP contribution in [0.2, 0.25) is 0 Å². The van der Waals surface area contributed by atoms with Gasteiger partial charge in [0.25, 0.3) is 0 Å². The summed E-state index contributed by atoms with van der Waals surface area (Å²) >= 11 is 5.35. The lowest BCUT2D eigenvalue weighted by Gasteiger charge is -2.12. The van der Waals surface area contributed by atoms with E-state index in [1.807, 2.05) is 0 Å². The van der Waals surface area contributed by atoms with Crippen molar-refractivity contribution in [2.24, 2.45) is 5.73 Å². The highest BCUT2D eigenvalue weighted by Gasteiger charge is 2.35. The molecule has 0 atom stereocenters. The highest BCUT2D eigenvalue weighted by atomic mass is 35.5. The number of hydrogen-bond acceptors (Lipinski definition) is 1. The molecule has 66 valence electrons. The largest absolute Gasteiger partial charge is 0.418 e. The van der Waals surface area contributed by atoms with Crippen molar-refractivity contribution in [3.63, 3.8) is 0 Å². The van der Waals surface area contributed by atoms with Crippen LogP contribution >= 0.6 is 11.6 Å². The zero-order chi connectivity index (χ0) is 9.35. The van der Waals surface area contributed by atoms with E-state index in [9.17, 15) is 13.2 Å². The van der Waals surface area contributed by atoms with E-state index in [-0.39, 0.29) is 17.2 Å². The van der Waals surface area contributed by atoms with Gasteiger partial charge in [0.05, 0.1) is 11.3 Å². The minimum Gasteiger partial charge on any atom is -0.395 e. The fourth-order valence-corrected chi connectivity index (χ4v) is 1.10. The second kappa shape index (κ2) is 2.88. The Morgan fingerprint density at radius 3 is 2.50 bits per heavy atom. The van der Waals surface area contributed by atoms with E-state index < -0.39 is 11.7 Å². The molecule has 0 heterocycles. The molecule has 0 aromatic carbocycles. The minimum absolute atomic E-state index is 0.0765.